The molecule has 52 heavy (non-hydrogen) atoms. The lowest BCUT2D eigenvalue weighted by Crippen LogP contribution is -2.48. The average molecular weight is 713 g/mol. The molecule has 2 aromatic carbocycles. The average Bonchev–Trinajstić information content (AvgIpc) is 3.40. The molecule has 1 atom stereocenters. The molecule has 0 bridgehead atoms. The first-order valence-corrected chi connectivity index (χ1v) is 17.4. The quantitative estimate of drug-likeness (QED) is 0.284. The number of benzene rings is 2. The number of allylic oxidation sites excluding steroid dienone is 3. The number of alkyl carbamates (subject to hydrolysis) is 1. The van der Waals surface area contributed by atoms with Crippen molar-refractivity contribution in [3.8, 4) is 0 Å². The summed E-state index contributed by atoms with van der Waals surface area (Å²) in [7, 11) is 5.08. The molecule has 4 amide bonds. The second-order valence-electron chi connectivity index (χ2n) is 14.3. The molecule has 0 aromatic heterocycles. The number of rotatable bonds is 9. The monoisotopic (exact) mass is 712 g/mol. The molecule has 2 aromatic rings. The van der Waals surface area contributed by atoms with E-state index in [1.54, 1.807) is 44.9 Å². The van der Waals surface area contributed by atoms with Gasteiger partial charge in [-0.15, -0.1) is 0 Å². The molecule has 0 saturated carbocycles. The molecule has 1 fully saturated rings. The Bertz CT molecular complexity index is 1820. The molecule has 3 aliphatic rings. The molecule has 276 valence electrons. The SMILES string of the molecule is COC(=O)c1ccc2c(c1)N(C(=O)CNC(=O)OC(C)(C)C)C(=O)/C2=C(\Nc1ccc(N(C)C(=O)CN2CCN(C)CC2)cc1)C1=CCC(C)C=C1. The Labute approximate surface area is 304 Å². The third-order valence-electron chi connectivity index (χ3n) is 9.08. The minimum Gasteiger partial charge on any atom is -0.465 e. The van der Waals surface area contributed by atoms with Crippen LogP contribution in [0.2, 0.25) is 0 Å². The van der Waals surface area contributed by atoms with Crippen molar-refractivity contribution in [2.45, 2.75) is 39.7 Å². The zero-order valence-corrected chi connectivity index (χ0v) is 30.9. The summed E-state index contributed by atoms with van der Waals surface area (Å²) in [5.41, 5.74) is 2.75. The van der Waals surface area contributed by atoms with E-state index in [2.05, 4.69) is 40.5 Å². The number of hydrogen-bond donors (Lipinski definition) is 2. The number of nitrogens with zero attached hydrogens (tertiary/aromatic N) is 4. The summed E-state index contributed by atoms with van der Waals surface area (Å²) >= 11 is 0. The number of carbonyl (C=O) groups excluding carboxylic acids is 5. The van der Waals surface area contributed by atoms with Gasteiger partial charge in [0.1, 0.15) is 12.1 Å². The lowest BCUT2D eigenvalue weighted by atomic mass is 9.93. The highest BCUT2D eigenvalue weighted by Crippen LogP contribution is 2.42. The van der Waals surface area contributed by atoms with Crippen molar-refractivity contribution < 1.29 is 33.4 Å². The number of esters is 1. The molecule has 2 heterocycles. The van der Waals surface area contributed by atoms with Crippen molar-refractivity contribution >= 4 is 52.4 Å². The number of hydrogen-bond acceptors (Lipinski definition) is 10. The van der Waals surface area contributed by atoms with Crippen LogP contribution in [-0.4, -0.2) is 106 Å². The largest absolute Gasteiger partial charge is 0.465 e. The van der Waals surface area contributed by atoms with Crippen molar-refractivity contribution in [1.82, 2.24) is 15.1 Å². The number of piperazine rings is 1. The van der Waals surface area contributed by atoms with Crippen molar-refractivity contribution in [3.63, 3.8) is 0 Å². The van der Waals surface area contributed by atoms with Gasteiger partial charge in [-0.1, -0.05) is 31.2 Å². The molecular formula is C39H48N6O7. The van der Waals surface area contributed by atoms with Gasteiger partial charge >= 0.3 is 12.1 Å². The van der Waals surface area contributed by atoms with Crippen LogP contribution in [0.4, 0.5) is 21.9 Å². The number of amides is 4. The van der Waals surface area contributed by atoms with Crippen molar-refractivity contribution in [3.05, 3.63) is 83.1 Å². The molecule has 5 rings (SSSR count). The van der Waals surface area contributed by atoms with E-state index < -0.39 is 36.0 Å². The summed E-state index contributed by atoms with van der Waals surface area (Å²) in [6.07, 6.45) is 5.94. The van der Waals surface area contributed by atoms with Crippen LogP contribution in [0.25, 0.3) is 5.57 Å². The van der Waals surface area contributed by atoms with Gasteiger partial charge in [0, 0.05) is 50.2 Å². The molecule has 1 aliphatic carbocycles. The normalized spacial score (nSPS) is 18.7. The second kappa shape index (κ2) is 16.0. The summed E-state index contributed by atoms with van der Waals surface area (Å²) in [5, 5.41) is 5.86. The third-order valence-corrected chi connectivity index (χ3v) is 9.08. The number of imide groups is 1. The molecule has 13 nitrogen and oxygen atoms in total. The predicted octanol–water partition coefficient (Wildman–Crippen LogP) is 4.43. The zero-order chi connectivity index (χ0) is 37.7. The number of fused-ring (bicyclic) bond motifs is 1. The highest BCUT2D eigenvalue weighted by molar-refractivity contribution is 6.41. The fourth-order valence-corrected chi connectivity index (χ4v) is 6.09. The third kappa shape index (κ3) is 8.96. The minimum atomic E-state index is -0.809. The topological polar surface area (TPSA) is 141 Å². The summed E-state index contributed by atoms with van der Waals surface area (Å²) in [4.78, 5) is 73.2. The lowest BCUT2D eigenvalue weighted by molar-refractivity contribution is -0.123. The Morgan fingerprint density at radius 2 is 1.69 bits per heavy atom. The summed E-state index contributed by atoms with van der Waals surface area (Å²) < 4.78 is 10.2. The summed E-state index contributed by atoms with van der Waals surface area (Å²) in [6, 6.07) is 11.9. The Hall–Kier alpha value is -5.27. The van der Waals surface area contributed by atoms with Gasteiger partial charge < -0.3 is 29.9 Å². The van der Waals surface area contributed by atoms with Crippen LogP contribution in [0.5, 0.6) is 0 Å². The first kappa shape index (κ1) is 38.0. The van der Waals surface area contributed by atoms with E-state index in [1.807, 2.05) is 36.4 Å². The molecule has 1 unspecified atom stereocenters. The van der Waals surface area contributed by atoms with Crippen LogP contribution >= 0.6 is 0 Å². The van der Waals surface area contributed by atoms with Gasteiger partial charge in [-0.3, -0.25) is 19.3 Å². The predicted molar refractivity (Wildman–Crippen MR) is 200 cm³/mol. The van der Waals surface area contributed by atoms with E-state index in [-0.39, 0.29) is 22.7 Å². The maximum absolute atomic E-state index is 14.4. The minimum absolute atomic E-state index is 0.00918. The maximum Gasteiger partial charge on any atom is 0.408 e. The van der Waals surface area contributed by atoms with Crippen molar-refractivity contribution in [2.75, 3.05) is 75.6 Å². The van der Waals surface area contributed by atoms with E-state index in [1.165, 1.54) is 13.2 Å². The number of anilines is 3. The number of methoxy groups -OCH3 is 1. The van der Waals surface area contributed by atoms with Gasteiger partial charge in [-0.2, -0.15) is 0 Å². The van der Waals surface area contributed by atoms with E-state index >= 15 is 0 Å². The molecule has 1 saturated heterocycles. The number of carbonyl (C=O) groups is 5. The van der Waals surface area contributed by atoms with E-state index in [9.17, 15) is 24.0 Å². The molecule has 2 aliphatic heterocycles. The number of ether oxygens (including phenoxy) is 2. The van der Waals surface area contributed by atoms with Gasteiger partial charge in [-0.05, 0) is 82.1 Å². The van der Waals surface area contributed by atoms with Gasteiger partial charge in [0.25, 0.3) is 11.8 Å². The first-order chi connectivity index (χ1) is 24.6. The smallest absolute Gasteiger partial charge is 0.408 e. The zero-order valence-electron chi connectivity index (χ0n) is 30.9. The van der Waals surface area contributed by atoms with Crippen LogP contribution in [0.1, 0.15) is 50.0 Å². The van der Waals surface area contributed by atoms with E-state index in [0.29, 0.717) is 29.4 Å². The van der Waals surface area contributed by atoms with Crippen LogP contribution in [0, 0.1) is 5.92 Å². The first-order valence-electron chi connectivity index (χ1n) is 17.4. The van der Waals surface area contributed by atoms with Gasteiger partial charge in [0.2, 0.25) is 5.91 Å². The Kier molecular flexibility index (Phi) is 11.7. The molecular weight excluding hydrogens is 664 g/mol. The second-order valence-corrected chi connectivity index (χ2v) is 14.3. The van der Waals surface area contributed by atoms with Crippen molar-refractivity contribution in [1.29, 1.82) is 0 Å². The van der Waals surface area contributed by atoms with Crippen LogP contribution in [-0.2, 0) is 23.9 Å². The standard InChI is InChI=1S/C39H48N6O7/c1-25-8-10-26(11-9-25)35(41-28-13-15-29(16-14-28)43(6)33(47)24-44-20-18-42(5)19-21-44)34-30-17-12-27(37(49)51-7)22-31(30)45(36(34)48)32(46)23-40-38(50)52-39(2,3)4/h8,10-17,22,25,41H,9,18-21,23-24H2,1-7H3,(H,40,50)/b35-34-. The molecule has 2 N–H and O–H groups in total. The molecule has 0 radical (unpaired) electrons. The number of likely N-dealkylation sites (N-methyl/N-ethyl adjacent to an activating group) is 2. The van der Waals surface area contributed by atoms with E-state index in [4.69, 9.17) is 9.47 Å². The molecule has 13 heteroatoms. The fourth-order valence-electron chi connectivity index (χ4n) is 6.09. The Morgan fingerprint density at radius 1 is 1.00 bits per heavy atom. The van der Waals surface area contributed by atoms with Gasteiger partial charge in [0.15, 0.2) is 0 Å². The fraction of sp³-hybridized carbons (Fsp3) is 0.410. The summed E-state index contributed by atoms with van der Waals surface area (Å²) in [5.74, 6) is -1.70. The number of nitrogens with one attached hydrogen (secondary N) is 2. The summed E-state index contributed by atoms with van der Waals surface area (Å²) in [6.45, 7) is 10.5. The Balaban J connectivity index is 1.48. The van der Waals surface area contributed by atoms with Crippen LogP contribution < -0.4 is 20.4 Å². The molecule has 0 spiro atoms. The highest BCUT2D eigenvalue weighted by atomic mass is 16.6. The van der Waals surface area contributed by atoms with Crippen molar-refractivity contribution in [2.24, 2.45) is 5.92 Å². The Morgan fingerprint density at radius 3 is 2.31 bits per heavy atom. The lowest BCUT2D eigenvalue weighted by Gasteiger charge is -2.32. The van der Waals surface area contributed by atoms with Gasteiger partial charge in [0.05, 0.1) is 36.2 Å². The maximum atomic E-state index is 14.4. The van der Waals surface area contributed by atoms with Crippen LogP contribution in [0.3, 0.4) is 0 Å². The van der Waals surface area contributed by atoms with E-state index in [0.717, 1.165) is 48.8 Å². The highest BCUT2D eigenvalue weighted by Gasteiger charge is 2.40. The van der Waals surface area contributed by atoms with Gasteiger partial charge in [-0.25, -0.2) is 14.5 Å². The van der Waals surface area contributed by atoms with Crippen LogP contribution in [0.15, 0.2) is 72.0 Å².